The van der Waals surface area contributed by atoms with Crippen LogP contribution in [0.2, 0.25) is 0 Å². The molecule has 2 aliphatic heterocycles. The quantitative estimate of drug-likeness (QED) is 0.499. The van der Waals surface area contributed by atoms with Crippen molar-refractivity contribution in [2.75, 3.05) is 19.6 Å². The molecule has 5 rings (SSSR count). The zero-order valence-corrected chi connectivity index (χ0v) is 19.4. The van der Waals surface area contributed by atoms with Gasteiger partial charge >= 0.3 is 0 Å². The predicted molar refractivity (Wildman–Crippen MR) is 127 cm³/mol. The average molecular weight is 468 g/mol. The minimum Gasteiger partial charge on any atom is -0.483 e. The van der Waals surface area contributed by atoms with E-state index in [1.165, 1.54) is 18.4 Å². The van der Waals surface area contributed by atoms with Gasteiger partial charge in [-0.25, -0.2) is 0 Å². The summed E-state index contributed by atoms with van der Waals surface area (Å²) in [5.41, 5.74) is 2.37. The van der Waals surface area contributed by atoms with E-state index in [9.17, 15) is 9.59 Å². The van der Waals surface area contributed by atoms with Gasteiger partial charge in [-0.15, -0.1) is 0 Å². The van der Waals surface area contributed by atoms with Gasteiger partial charge in [0.2, 0.25) is 5.91 Å². The number of amides is 1. The fourth-order valence-corrected chi connectivity index (χ4v) is 5.70. The summed E-state index contributed by atoms with van der Waals surface area (Å²) in [6.07, 6.45) is 10.7. The molecule has 2 bridgehead atoms. The molecule has 2 N–H and O–H groups in total. The van der Waals surface area contributed by atoms with Gasteiger partial charge in [0.1, 0.15) is 11.8 Å². The van der Waals surface area contributed by atoms with Crippen molar-refractivity contribution in [1.82, 2.24) is 14.8 Å². The molecule has 3 aliphatic rings. The zero-order valence-electron chi connectivity index (χ0n) is 19.4. The van der Waals surface area contributed by atoms with E-state index in [1.807, 2.05) is 24.3 Å². The fourth-order valence-electron chi connectivity index (χ4n) is 5.70. The van der Waals surface area contributed by atoms with Crippen molar-refractivity contribution in [2.45, 2.75) is 57.0 Å². The van der Waals surface area contributed by atoms with E-state index in [1.54, 1.807) is 16.9 Å². The molecular formula is C26H33N3O5. The van der Waals surface area contributed by atoms with Gasteiger partial charge in [0.05, 0.1) is 12.8 Å². The molecule has 2 aromatic rings. The van der Waals surface area contributed by atoms with Crippen LogP contribution in [-0.2, 0) is 16.1 Å². The minimum atomic E-state index is -0.445. The van der Waals surface area contributed by atoms with Crippen LogP contribution in [0, 0.1) is 5.92 Å². The van der Waals surface area contributed by atoms with Crippen molar-refractivity contribution in [2.24, 2.45) is 5.92 Å². The lowest BCUT2D eigenvalue weighted by Gasteiger charge is -2.46. The number of piperidine rings is 1. The highest BCUT2D eigenvalue weighted by atomic mass is 16.3. The first-order chi connectivity index (χ1) is 16.6. The number of rotatable bonds is 6. The molecular weight excluding hydrogens is 434 g/mol. The Morgan fingerprint density at radius 3 is 2.79 bits per heavy atom. The van der Waals surface area contributed by atoms with E-state index in [-0.39, 0.29) is 29.8 Å². The van der Waals surface area contributed by atoms with Crippen molar-refractivity contribution >= 4 is 12.4 Å². The van der Waals surface area contributed by atoms with E-state index in [0.717, 1.165) is 56.8 Å². The highest BCUT2D eigenvalue weighted by Crippen LogP contribution is 2.41. The zero-order chi connectivity index (χ0) is 23.9. The van der Waals surface area contributed by atoms with Crippen molar-refractivity contribution in [3.8, 4) is 0 Å². The lowest BCUT2D eigenvalue weighted by molar-refractivity contribution is -0.127. The standard InChI is InChI=1S/C25H31N3O3.CH2O2/c29-23-10-4-9-22-19-14-20(16-27(15-19)17-21-8-5-13-31-21)24(28(22)23)25(30)26-12-11-18-6-2-1-3-7-18;2-1-3/h4-6,8-10,13,19-20,24H,1-3,7,11-12,14-17H2,(H,26,30);1H,(H,2,3)/t19-,20+,24-;/m1./s1. The fraction of sp³-hybridized carbons (Fsp3) is 0.500. The van der Waals surface area contributed by atoms with Crippen LogP contribution in [0.15, 0.2) is 57.5 Å². The number of carbonyl (C=O) groups excluding carboxylic acids is 1. The Labute approximate surface area is 199 Å². The average Bonchev–Trinajstić information content (AvgIpc) is 3.34. The Hall–Kier alpha value is -3.13. The van der Waals surface area contributed by atoms with E-state index in [0.29, 0.717) is 6.54 Å². The Morgan fingerprint density at radius 1 is 1.21 bits per heavy atom. The monoisotopic (exact) mass is 467 g/mol. The van der Waals surface area contributed by atoms with E-state index in [4.69, 9.17) is 14.3 Å². The maximum Gasteiger partial charge on any atom is 0.290 e. The Morgan fingerprint density at radius 2 is 2.06 bits per heavy atom. The Kier molecular flexibility index (Phi) is 8.00. The first-order valence-electron chi connectivity index (χ1n) is 12.1. The Balaban J connectivity index is 0.000000868. The molecule has 0 spiro atoms. The number of likely N-dealkylation sites (tertiary alicyclic amines) is 1. The summed E-state index contributed by atoms with van der Waals surface area (Å²) < 4.78 is 7.33. The van der Waals surface area contributed by atoms with Crippen molar-refractivity contribution < 1.29 is 19.1 Å². The van der Waals surface area contributed by atoms with Gasteiger partial charge in [0.25, 0.3) is 12.0 Å². The van der Waals surface area contributed by atoms with Crippen LogP contribution in [0.1, 0.15) is 61.9 Å². The van der Waals surface area contributed by atoms with Gasteiger partial charge in [-0.05, 0) is 56.7 Å². The lowest BCUT2D eigenvalue weighted by atomic mass is 9.78. The molecule has 4 heterocycles. The van der Waals surface area contributed by atoms with E-state index in [2.05, 4.69) is 16.3 Å². The van der Waals surface area contributed by atoms with Gasteiger partial charge in [0.15, 0.2) is 0 Å². The topological polar surface area (TPSA) is 105 Å². The smallest absolute Gasteiger partial charge is 0.290 e. The molecule has 8 heteroatoms. The second-order valence-corrected chi connectivity index (χ2v) is 9.32. The summed E-state index contributed by atoms with van der Waals surface area (Å²) in [4.78, 5) is 36.9. The largest absolute Gasteiger partial charge is 0.483 e. The number of fused-ring (bicyclic) bond motifs is 4. The maximum absolute atomic E-state index is 13.4. The molecule has 2 aromatic heterocycles. The molecule has 0 aromatic carbocycles. The molecule has 3 atom stereocenters. The van der Waals surface area contributed by atoms with Crippen LogP contribution in [0.25, 0.3) is 0 Å². The molecule has 1 amide bonds. The molecule has 1 fully saturated rings. The number of pyridine rings is 1. The van der Waals surface area contributed by atoms with Gasteiger partial charge in [-0.1, -0.05) is 17.7 Å². The Bertz CT molecular complexity index is 1060. The number of furan rings is 1. The summed E-state index contributed by atoms with van der Waals surface area (Å²) in [7, 11) is 0. The van der Waals surface area contributed by atoms with Gasteiger partial charge in [-0.2, -0.15) is 0 Å². The number of carboxylic acid groups (broad SMARTS) is 1. The summed E-state index contributed by atoms with van der Waals surface area (Å²) in [6.45, 7) is 2.80. The number of hydrogen-bond acceptors (Lipinski definition) is 5. The highest BCUT2D eigenvalue weighted by molar-refractivity contribution is 5.81. The van der Waals surface area contributed by atoms with Crippen LogP contribution in [0.4, 0.5) is 0 Å². The predicted octanol–water partition coefficient (Wildman–Crippen LogP) is 3.31. The van der Waals surface area contributed by atoms with Gasteiger partial charge in [-0.3, -0.25) is 23.9 Å². The lowest BCUT2D eigenvalue weighted by Crippen LogP contribution is -2.53. The molecule has 182 valence electrons. The second-order valence-electron chi connectivity index (χ2n) is 9.32. The number of nitrogens with zero attached hydrogens (tertiary/aromatic N) is 2. The third kappa shape index (κ3) is 5.50. The van der Waals surface area contributed by atoms with Gasteiger partial charge in [0, 0.05) is 43.2 Å². The summed E-state index contributed by atoms with van der Waals surface area (Å²) >= 11 is 0. The maximum atomic E-state index is 13.4. The first-order valence-corrected chi connectivity index (χ1v) is 12.1. The number of allylic oxidation sites excluding steroid dienone is 1. The third-order valence-electron chi connectivity index (χ3n) is 7.08. The summed E-state index contributed by atoms with van der Waals surface area (Å²) in [6, 6.07) is 8.88. The van der Waals surface area contributed by atoms with E-state index >= 15 is 0 Å². The first kappa shape index (κ1) is 24.0. The molecule has 0 unspecified atom stereocenters. The molecule has 8 nitrogen and oxygen atoms in total. The molecule has 1 saturated heterocycles. The SMILES string of the molecule is O=C(NCCC1=CCCCC1)[C@H]1[C@H]2C[C@H](CN(Cc3ccco3)C2)c2cccc(=O)n21.O=CO. The van der Waals surface area contributed by atoms with Crippen LogP contribution < -0.4 is 10.9 Å². The van der Waals surface area contributed by atoms with Crippen LogP contribution in [0.5, 0.6) is 0 Å². The number of aromatic nitrogens is 1. The van der Waals surface area contributed by atoms with Crippen molar-refractivity contribution in [3.05, 3.63) is 70.1 Å². The van der Waals surface area contributed by atoms with E-state index < -0.39 is 6.04 Å². The van der Waals surface area contributed by atoms with Crippen molar-refractivity contribution in [1.29, 1.82) is 0 Å². The third-order valence-corrected chi connectivity index (χ3v) is 7.08. The number of carbonyl (C=O) groups is 2. The molecule has 0 saturated carbocycles. The highest BCUT2D eigenvalue weighted by Gasteiger charge is 2.43. The molecule has 0 radical (unpaired) electrons. The number of hydrogen-bond donors (Lipinski definition) is 2. The minimum absolute atomic E-state index is 0.0192. The molecule has 1 aliphatic carbocycles. The van der Waals surface area contributed by atoms with Crippen molar-refractivity contribution in [3.63, 3.8) is 0 Å². The molecule has 34 heavy (non-hydrogen) atoms. The number of nitrogens with one attached hydrogen (secondary N) is 1. The second kappa shape index (κ2) is 11.3. The normalized spacial score (nSPS) is 23.6. The summed E-state index contributed by atoms with van der Waals surface area (Å²) in [5, 5.41) is 10.0. The van der Waals surface area contributed by atoms with Crippen LogP contribution in [-0.4, -0.2) is 46.6 Å². The van der Waals surface area contributed by atoms with Crippen LogP contribution in [0.3, 0.4) is 0 Å². The van der Waals surface area contributed by atoms with Crippen LogP contribution >= 0.6 is 0 Å². The summed E-state index contributed by atoms with van der Waals surface area (Å²) in [5.74, 6) is 1.30. The van der Waals surface area contributed by atoms with Gasteiger partial charge < -0.3 is 14.8 Å².